The van der Waals surface area contributed by atoms with Crippen LogP contribution in [0.25, 0.3) is 0 Å². The first kappa shape index (κ1) is 16.6. The zero-order valence-electron chi connectivity index (χ0n) is 12.9. The van der Waals surface area contributed by atoms with Gasteiger partial charge in [-0.15, -0.1) is 0 Å². The first-order valence-electron chi connectivity index (χ1n) is 7.24. The molecule has 0 radical (unpaired) electrons. The maximum Gasteiger partial charge on any atom is 0.263 e. The zero-order chi connectivity index (χ0) is 16.5. The summed E-state index contributed by atoms with van der Waals surface area (Å²) in [4.78, 5) is 12.0. The van der Waals surface area contributed by atoms with Crippen molar-refractivity contribution < 1.29 is 19.0 Å². The fraction of sp³-hybridized carbons (Fsp3) is 0.375. The number of nitrogens with one attached hydrogen (secondary N) is 2. The standard InChI is InChI=1S/C16H19N3O4/c1-21-6-2-5-18-10-13(8-17)16(20)19-9-12-3-4-14-15(7-12)23-11-22-14/h3-4,7,10,18H,2,5-6,9,11H2,1H3,(H,19,20)/b13-10-. The minimum absolute atomic E-state index is 0.0307. The summed E-state index contributed by atoms with van der Waals surface area (Å²) in [5.74, 6) is 0.926. The van der Waals surface area contributed by atoms with Gasteiger partial charge in [0.15, 0.2) is 11.5 Å². The predicted molar refractivity (Wildman–Crippen MR) is 82.6 cm³/mol. The van der Waals surface area contributed by atoms with E-state index in [9.17, 15) is 4.79 Å². The maximum atomic E-state index is 12.0. The molecule has 1 aromatic rings. The number of nitriles is 1. The summed E-state index contributed by atoms with van der Waals surface area (Å²) in [6, 6.07) is 7.32. The van der Waals surface area contributed by atoms with Crippen LogP contribution in [-0.2, 0) is 16.1 Å². The number of fused-ring (bicyclic) bond motifs is 1. The first-order valence-corrected chi connectivity index (χ1v) is 7.24. The molecular formula is C16H19N3O4. The Bertz CT molecular complexity index is 622. The van der Waals surface area contributed by atoms with Crippen LogP contribution in [0.1, 0.15) is 12.0 Å². The summed E-state index contributed by atoms with van der Waals surface area (Å²) in [7, 11) is 1.63. The lowest BCUT2D eigenvalue weighted by Gasteiger charge is -2.06. The van der Waals surface area contributed by atoms with E-state index in [4.69, 9.17) is 19.5 Å². The molecule has 0 aromatic heterocycles. The van der Waals surface area contributed by atoms with E-state index >= 15 is 0 Å². The lowest BCUT2D eigenvalue weighted by molar-refractivity contribution is -0.117. The fourth-order valence-electron chi connectivity index (χ4n) is 1.97. The number of rotatable bonds is 8. The molecule has 0 bridgehead atoms. The average molecular weight is 317 g/mol. The Morgan fingerprint density at radius 1 is 1.43 bits per heavy atom. The second-order valence-corrected chi connectivity index (χ2v) is 4.84. The van der Waals surface area contributed by atoms with Gasteiger partial charge in [-0.2, -0.15) is 5.26 Å². The molecule has 2 N–H and O–H groups in total. The van der Waals surface area contributed by atoms with Crippen molar-refractivity contribution in [1.82, 2.24) is 10.6 Å². The topological polar surface area (TPSA) is 92.6 Å². The van der Waals surface area contributed by atoms with E-state index in [0.717, 1.165) is 12.0 Å². The molecule has 7 nitrogen and oxygen atoms in total. The molecule has 122 valence electrons. The summed E-state index contributed by atoms with van der Waals surface area (Å²) in [6.07, 6.45) is 2.22. The van der Waals surface area contributed by atoms with Crippen LogP contribution in [0.15, 0.2) is 30.0 Å². The van der Waals surface area contributed by atoms with Crippen LogP contribution in [-0.4, -0.2) is 33.0 Å². The van der Waals surface area contributed by atoms with Gasteiger partial charge in [0, 0.05) is 33.0 Å². The lowest BCUT2D eigenvalue weighted by Crippen LogP contribution is -2.25. The van der Waals surface area contributed by atoms with Crippen molar-refractivity contribution in [3.8, 4) is 17.6 Å². The summed E-state index contributed by atoms with van der Waals surface area (Å²) < 4.78 is 15.4. The Kier molecular flexibility index (Phi) is 6.27. The Labute approximate surface area is 134 Å². The smallest absolute Gasteiger partial charge is 0.263 e. The van der Waals surface area contributed by atoms with E-state index in [1.165, 1.54) is 6.20 Å². The lowest BCUT2D eigenvalue weighted by atomic mass is 10.2. The molecule has 0 saturated heterocycles. The highest BCUT2D eigenvalue weighted by atomic mass is 16.7. The van der Waals surface area contributed by atoms with Crippen LogP contribution in [0.4, 0.5) is 0 Å². The van der Waals surface area contributed by atoms with Crippen molar-refractivity contribution in [2.24, 2.45) is 0 Å². The van der Waals surface area contributed by atoms with Gasteiger partial charge < -0.3 is 24.8 Å². The second-order valence-electron chi connectivity index (χ2n) is 4.84. The van der Waals surface area contributed by atoms with Crippen molar-refractivity contribution in [1.29, 1.82) is 5.26 Å². The largest absolute Gasteiger partial charge is 0.454 e. The van der Waals surface area contributed by atoms with E-state index < -0.39 is 5.91 Å². The number of hydrogen-bond donors (Lipinski definition) is 2. The number of carbonyl (C=O) groups is 1. The predicted octanol–water partition coefficient (Wildman–Crippen LogP) is 1.07. The summed E-state index contributed by atoms with van der Waals surface area (Å²) >= 11 is 0. The molecule has 23 heavy (non-hydrogen) atoms. The van der Waals surface area contributed by atoms with Crippen molar-refractivity contribution in [3.05, 3.63) is 35.5 Å². The number of carbonyl (C=O) groups excluding carboxylic acids is 1. The summed E-state index contributed by atoms with van der Waals surface area (Å²) in [6.45, 7) is 1.77. The Balaban J connectivity index is 1.82. The molecule has 0 atom stereocenters. The third-order valence-corrected chi connectivity index (χ3v) is 3.17. The van der Waals surface area contributed by atoms with Crippen molar-refractivity contribution in [3.63, 3.8) is 0 Å². The molecule has 1 amide bonds. The van der Waals surface area contributed by atoms with Crippen LogP contribution in [0.2, 0.25) is 0 Å². The van der Waals surface area contributed by atoms with E-state index in [-0.39, 0.29) is 12.4 Å². The van der Waals surface area contributed by atoms with Gasteiger partial charge in [-0.1, -0.05) is 6.07 Å². The highest BCUT2D eigenvalue weighted by Gasteiger charge is 2.14. The number of amides is 1. The maximum absolute atomic E-state index is 12.0. The van der Waals surface area contributed by atoms with Crippen LogP contribution in [0.5, 0.6) is 11.5 Å². The van der Waals surface area contributed by atoms with Gasteiger partial charge >= 0.3 is 0 Å². The monoisotopic (exact) mass is 317 g/mol. The minimum Gasteiger partial charge on any atom is -0.454 e. The zero-order valence-corrected chi connectivity index (χ0v) is 12.9. The molecular weight excluding hydrogens is 298 g/mol. The number of nitrogens with zero attached hydrogens (tertiary/aromatic N) is 1. The van der Waals surface area contributed by atoms with Crippen LogP contribution in [0, 0.1) is 11.3 Å². The minimum atomic E-state index is -0.426. The highest BCUT2D eigenvalue weighted by Crippen LogP contribution is 2.32. The molecule has 0 aliphatic carbocycles. The molecule has 0 unspecified atom stereocenters. The number of methoxy groups -OCH3 is 1. The molecule has 0 fully saturated rings. The van der Waals surface area contributed by atoms with Gasteiger partial charge in [0.2, 0.25) is 6.79 Å². The Morgan fingerprint density at radius 2 is 2.26 bits per heavy atom. The van der Waals surface area contributed by atoms with Crippen LogP contribution in [0.3, 0.4) is 0 Å². The van der Waals surface area contributed by atoms with Crippen molar-refractivity contribution >= 4 is 5.91 Å². The molecule has 1 aliphatic heterocycles. The van der Waals surface area contributed by atoms with E-state index in [0.29, 0.717) is 31.2 Å². The highest BCUT2D eigenvalue weighted by molar-refractivity contribution is 5.97. The van der Waals surface area contributed by atoms with Crippen LogP contribution < -0.4 is 20.1 Å². The molecule has 1 heterocycles. The first-order chi connectivity index (χ1) is 11.2. The average Bonchev–Trinajstić information content (AvgIpc) is 3.03. The number of ether oxygens (including phenoxy) is 3. The van der Waals surface area contributed by atoms with Gasteiger partial charge in [-0.05, 0) is 24.1 Å². The summed E-state index contributed by atoms with van der Waals surface area (Å²) in [5.41, 5.74) is 0.899. The number of hydrogen-bond acceptors (Lipinski definition) is 6. The third kappa shape index (κ3) is 4.90. The van der Waals surface area contributed by atoms with Gasteiger partial charge in [-0.25, -0.2) is 0 Å². The molecule has 0 spiro atoms. The Morgan fingerprint density at radius 3 is 3.04 bits per heavy atom. The molecule has 7 heteroatoms. The van der Waals surface area contributed by atoms with Crippen molar-refractivity contribution in [2.75, 3.05) is 27.1 Å². The van der Waals surface area contributed by atoms with E-state index in [1.54, 1.807) is 19.2 Å². The van der Waals surface area contributed by atoms with Gasteiger partial charge in [0.25, 0.3) is 5.91 Å². The van der Waals surface area contributed by atoms with Gasteiger partial charge in [0.05, 0.1) is 0 Å². The van der Waals surface area contributed by atoms with Gasteiger partial charge in [-0.3, -0.25) is 4.79 Å². The molecule has 0 saturated carbocycles. The quantitative estimate of drug-likeness (QED) is 0.423. The van der Waals surface area contributed by atoms with Gasteiger partial charge in [0.1, 0.15) is 11.6 Å². The third-order valence-electron chi connectivity index (χ3n) is 3.17. The normalized spacial score (nSPS) is 12.6. The molecule has 1 aliphatic rings. The summed E-state index contributed by atoms with van der Waals surface area (Å²) in [5, 5.41) is 14.7. The van der Waals surface area contributed by atoms with E-state index in [2.05, 4.69) is 10.6 Å². The Hall–Kier alpha value is -2.72. The SMILES string of the molecule is COCCCN/C=C(/C#N)C(=O)NCc1ccc2c(c1)OCO2. The number of benzene rings is 1. The second kappa shape index (κ2) is 8.66. The molecule has 2 rings (SSSR count). The van der Waals surface area contributed by atoms with E-state index in [1.807, 2.05) is 12.1 Å². The fourth-order valence-corrected chi connectivity index (χ4v) is 1.97. The van der Waals surface area contributed by atoms with Crippen LogP contribution >= 0.6 is 0 Å². The van der Waals surface area contributed by atoms with Crippen molar-refractivity contribution in [2.45, 2.75) is 13.0 Å². The molecule has 1 aromatic carbocycles.